The Labute approximate surface area is 169 Å². The first-order chi connectivity index (χ1) is 13.7. The molecule has 2 aliphatic heterocycles. The quantitative estimate of drug-likeness (QED) is 0.579. The fraction of sp³-hybridized carbons (Fsp3) is 0.476. The van der Waals surface area contributed by atoms with Crippen molar-refractivity contribution in [1.29, 1.82) is 0 Å². The Morgan fingerprint density at radius 1 is 1.17 bits per heavy atom. The smallest absolute Gasteiger partial charge is 0.412 e. The summed E-state index contributed by atoms with van der Waals surface area (Å²) < 4.78 is 15.9. The van der Waals surface area contributed by atoms with Gasteiger partial charge in [0.15, 0.2) is 6.29 Å². The summed E-state index contributed by atoms with van der Waals surface area (Å²) in [5.74, 6) is -0.731. The van der Waals surface area contributed by atoms with Gasteiger partial charge in [-0.2, -0.15) is 0 Å². The zero-order valence-electron chi connectivity index (χ0n) is 16.9. The molecule has 1 saturated heterocycles. The fourth-order valence-corrected chi connectivity index (χ4v) is 3.06. The van der Waals surface area contributed by atoms with E-state index in [0.717, 1.165) is 12.8 Å². The molecule has 0 bridgehead atoms. The predicted octanol–water partition coefficient (Wildman–Crippen LogP) is 3.34. The van der Waals surface area contributed by atoms with E-state index in [4.69, 9.17) is 14.2 Å². The molecule has 2 heterocycles. The molecule has 3 rings (SSSR count). The molecule has 0 unspecified atom stereocenters. The van der Waals surface area contributed by atoms with Crippen molar-refractivity contribution >= 4 is 23.6 Å². The summed E-state index contributed by atoms with van der Waals surface area (Å²) in [6.45, 7) is 6.71. The second-order valence-electron chi connectivity index (χ2n) is 7.83. The maximum absolute atomic E-state index is 12.6. The van der Waals surface area contributed by atoms with Crippen LogP contribution in [0.15, 0.2) is 30.4 Å². The summed E-state index contributed by atoms with van der Waals surface area (Å²) in [7, 11) is 0. The second-order valence-corrected chi connectivity index (χ2v) is 7.83. The van der Waals surface area contributed by atoms with Crippen molar-refractivity contribution in [2.75, 3.05) is 25.1 Å². The van der Waals surface area contributed by atoms with Crippen LogP contribution in [0.4, 0.5) is 10.5 Å². The molecule has 1 aromatic carbocycles. The number of rotatable bonds is 6. The molecule has 29 heavy (non-hydrogen) atoms. The maximum atomic E-state index is 12.6. The molecule has 3 amide bonds. The molecule has 0 spiro atoms. The average molecular weight is 402 g/mol. The monoisotopic (exact) mass is 402 g/mol. The first-order valence-corrected chi connectivity index (χ1v) is 9.63. The highest BCUT2D eigenvalue weighted by Crippen LogP contribution is 2.26. The van der Waals surface area contributed by atoms with Gasteiger partial charge in [-0.1, -0.05) is 12.2 Å². The van der Waals surface area contributed by atoms with E-state index in [2.05, 4.69) is 5.32 Å². The van der Waals surface area contributed by atoms with Crippen LogP contribution in [0.1, 0.15) is 54.3 Å². The van der Waals surface area contributed by atoms with Crippen LogP contribution in [-0.4, -0.2) is 54.5 Å². The van der Waals surface area contributed by atoms with E-state index in [-0.39, 0.29) is 30.2 Å². The predicted molar refractivity (Wildman–Crippen MR) is 106 cm³/mol. The number of carbonyl (C=O) groups excluding carboxylic acids is 3. The number of ether oxygens (including phenoxy) is 3. The Morgan fingerprint density at radius 2 is 1.86 bits per heavy atom. The first kappa shape index (κ1) is 21.0. The van der Waals surface area contributed by atoms with Crippen molar-refractivity contribution in [3.8, 4) is 0 Å². The van der Waals surface area contributed by atoms with Gasteiger partial charge in [-0.25, -0.2) is 4.79 Å². The van der Waals surface area contributed by atoms with Crippen molar-refractivity contribution in [2.45, 2.75) is 45.5 Å². The van der Waals surface area contributed by atoms with Crippen molar-refractivity contribution < 1.29 is 28.6 Å². The molecule has 0 radical (unpaired) electrons. The number of hydrogen-bond donors (Lipinski definition) is 1. The van der Waals surface area contributed by atoms with Gasteiger partial charge in [-0.3, -0.25) is 19.8 Å². The number of benzene rings is 1. The molecule has 0 saturated carbocycles. The SMILES string of the molecule is CC(C)(C)OC(=O)Nc1ccc2c(c1)C(=O)N(CC=CCCC1OCCO1)C2=O. The molecule has 0 aliphatic carbocycles. The van der Waals surface area contributed by atoms with E-state index in [0.29, 0.717) is 24.5 Å². The molecule has 8 nitrogen and oxygen atoms in total. The van der Waals surface area contributed by atoms with E-state index in [1.54, 1.807) is 39.0 Å². The van der Waals surface area contributed by atoms with Crippen LogP contribution >= 0.6 is 0 Å². The Hall–Kier alpha value is -2.71. The molecule has 8 heteroatoms. The maximum Gasteiger partial charge on any atom is 0.412 e. The highest BCUT2D eigenvalue weighted by Gasteiger charge is 2.35. The molecule has 0 aromatic heterocycles. The minimum atomic E-state index is -0.633. The van der Waals surface area contributed by atoms with E-state index >= 15 is 0 Å². The highest BCUT2D eigenvalue weighted by molar-refractivity contribution is 6.21. The van der Waals surface area contributed by atoms with Gasteiger partial charge in [-0.05, 0) is 45.4 Å². The van der Waals surface area contributed by atoms with Crippen LogP contribution in [0.5, 0.6) is 0 Å². The third-order valence-electron chi connectivity index (χ3n) is 4.33. The Bertz CT molecular complexity index is 821. The molecule has 2 aliphatic rings. The van der Waals surface area contributed by atoms with Crippen LogP contribution in [0.25, 0.3) is 0 Å². The van der Waals surface area contributed by atoms with Gasteiger partial charge in [-0.15, -0.1) is 0 Å². The number of anilines is 1. The summed E-state index contributed by atoms with van der Waals surface area (Å²) >= 11 is 0. The normalized spacial score (nSPS) is 17.3. The Morgan fingerprint density at radius 3 is 2.55 bits per heavy atom. The van der Waals surface area contributed by atoms with Crippen LogP contribution < -0.4 is 5.32 Å². The van der Waals surface area contributed by atoms with Gasteiger partial charge in [0.25, 0.3) is 11.8 Å². The zero-order chi connectivity index (χ0) is 21.0. The van der Waals surface area contributed by atoms with E-state index < -0.39 is 11.7 Å². The molecule has 1 N–H and O–H groups in total. The van der Waals surface area contributed by atoms with Crippen LogP contribution in [-0.2, 0) is 14.2 Å². The summed E-state index contributed by atoms with van der Waals surface area (Å²) in [5.41, 5.74) is 0.356. The van der Waals surface area contributed by atoms with Gasteiger partial charge >= 0.3 is 6.09 Å². The lowest BCUT2D eigenvalue weighted by Crippen LogP contribution is -2.29. The molecule has 1 aromatic rings. The van der Waals surface area contributed by atoms with Gasteiger partial charge < -0.3 is 14.2 Å². The summed E-state index contributed by atoms with van der Waals surface area (Å²) in [6.07, 6.45) is 4.37. The average Bonchev–Trinajstić information content (AvgIpc) is 3.22. The number of nitrogens with one attached hydrogen (secondary N) is 1. The standard InChI is InChI=1S/C21H26N2O6/c1-21(2,3)29-20(26)22-14-8-9-15-16(13-14)19(25)23(18(15)24)10-6-4-5-7-17-27-11-12-28-17/h4,6,8-9,13,17H,5,7,10-12H2,1-3H3,(H,22,26). The highest BCUT2D eigenvalue weighted by atomic mass is 16.7. The largest absolute Gasteiger partial charge is 0.444 e. The van der Waals surface area contributed by atoms with E-state index in [1.165, 1.54) is 11.0 Å². The van der Waals surface area contributed by atoms with Crippen LogP contribution in [0.3, 0.4) is 0 Å². The molecule has 156 valence electrons. The number of fused-ring (bicyclic) bond motifs is 1. The summed E-state index contributed by atoms with van der Waals surface area (Å²) in [6, 6.07) is 4.62. The number of imide groups is 1. The van der Waals surface area contributed by atoms with Crippen LogP contribution in [0, 0.1) is 0 Å². The number of hydrogen-bond acceptors (Lipinski definition) is 6. The molecular formula is C21H26N2O6. The van der Waals surface area contributed by atoms with Crippen molar-refractivity contribution in [1.82, 2.24) is 4.90 Å². The topological polar surface area (TPSA) is 94.2 Å². The van der Waals surface area contributed by atoms with Gasteiger partial charge in [0.2, 0.25) is 0 Å². The van der Waals surface area contributed by atoms with Crippen molar-refractivity contribution in [3.63, 3.8) is 0 Å². The lowest BCUT2D eigenvalue weighted by molar-refractivity contribution is -0.0457. The minimum absolute atomic E-state index is 0.171. The van der Waals surface area contributed by atoms with Crippen molar-refractivity contribution in [2.24, 2.45) is 0 Å². The van der Waals surface area contributed by atoms with Gasteiger partial charge in [0.1, 0.15) is 5.60 Å². The third-order valence-corrected chi connectivity index (χ3v) is 4.33. The molecular weight excluding hydrogens is 376 g/mol. The lowest BCUT2D eigenvalue weighted by Gasteiger charge is -2.19. The lowest BCUT2D eigenvalue weighted by atomic mass is 10.1. The minimum Gasteiger partial charge on any atom is -0.444 e. The number of carbonyl (C=O) groups is 3. The Balaban J connectivity index is 1.57. The number of amides is 3. The van der Waals surface area contributed by atoms with Gasteiger partial charge in [0.05, 0.1) is 24.3 Å². The van der Waals surface area contributed by atoms with Gasteiger partial charge in [0, 0.05) is 18.7 Å². The first-order valence-electron chi connectivity index (χ1n) is 9.63. The van der Waals surface area contributed by atoms with Crippen LogP contribution in [0.2, 0.25) is 0 Å². The summed E-state index contributed by atoms with van der Waals surface area (Å²) in [5, 5.41) is 2.58. The second kappa shape index (κ2) is 8.75. The molecule has 1 fully saturated rings. The fourth-order valence-electron chi connectivity index (χ4n) is 3.06. The third kappa shape index (κ3) is 5.42. The van der Waals surface area contributed by atoms with Crippen molar-refractivity contribution in [3.05, 3.63) is 41.5 Å². The van der Waals surface area contributed by atoms with E-state index in [1.807, 2.05) is 6.08 Å². The Kier molecular flexibility index (Phi) is 6.34. The number of nitrogens with zero attached hydrogens (tertiary/aromatic N) is 1. The number of allylic oxidation sites excluding steroid dienone is 1. The van der Waals surface area contributed by atoms with E-state index in [9.17, 15) is 14.4 Å². The summed E-state index contributed by atoms with van der Waals surface area (Å²) in [4.78, 5) is 38.3. The molecule has 0 atom stereocenters. The zero-order valence-corrected chi connectivity index (χ0v) is 16.9.